The minimum atomic E-state index is -0.227. The highest BCUT2D eigenvalue weighted by Gasteiger charge is 2.30. The predicted molar refractivity (Wildman–Crippen MR) is 48.3 cm³/mol. The first kappa shape index (κ1) is 8.51. The molecule has 2 N–H and O–H groups in total. The first-order chi connectivity index (χ1) is 6.22. The van der Waals surface area contributed by atoms with Crippen LogP contribution in [0.25, 0.3) is 0 Å². The van der Waals surface area contributed by atoms with Gasteiger partial charge in [0.2, 0.25) is 0 Å². The number of fused-ring (bicyclic) bond motifs is 1. The topological polar surface area (TPSA) is 35.2 Å². The Labute approximate surface area is 76.5 Å². The fourth-order valence-corrected chi connectivity index (χ4v) is 1.77. The number of ether oxygens (including phenoxy) is 1. The minimum absolute atomic E-state index is 0.0572. The average Bonchev–Trinajstić information content (AvgIpc) is 2.40. The average molecular weight is 181 g/mol. The maximum atomic E-state index is 12.9. The van der Waals surface area contributed by atoms with Crippen LogP contribution in [0, 0.1) is 5.82 Å². The molecule has 1 aliphatic rings. The summed E-state index contributed by atoms with van der Waals surface area (Å²) in [7, 11) is 0. The molecule has 0 spiro atoms. The Morgan fingerprint density at radius 1 is 1.54 bits per heavy atom. The standard InChI is InChI=1S/C10H12FNO/c1-6-9(5-12)8-4-7(11)2-3-10(8)13-6/h2-4,6,9H,5,12H2,1H3. The monoisotopic (exact) mass is 181 g/mol. The van der Waals surface area contributed by atoms with Gasteiger partial charge in [0.05, 0.1) is 0 Å². The fraction of sp³-hybridized carbons (Fsp3) is 0.400. The predicted octanol–water partition coefficient (Wildman–Crippen LogP) is 1.65. The van der Waals surface area contributed by atoms with Gasteiger partial charge in [0.25, 0.3) is 0 Å². The van der Waals surface area contributed by atoms with Crippen molar-refractivity contribution in [2.45, 2.75) is 18.9 Å². The zero-order chi connectivity index (χ0) is 9.42. The van der Waals surface area contributed by atoms with Crippen LogP contribution >= 0.6 is 0 Å². The zero-order valence-electron chi connectivity index (χ0n) is 7.46. The molecular weight excluding hydrogens is 169 g/mol. The lowest BCUT2D eigenvalue weighted by atomic mass is 9.96. The summed E-state index contributed by atoms with van der Waals surface area (Å²) in [6.07, 6.45) is 0.0572. The summed E-state index contributed by atoms with van der Waals surface area (Å²) >= 11 is 0. The van der Waals surface area contributed by atoms with Gasteiger partial charge in [-0.2, -0.15) is 0 Å². The fourth-order valence-electron chi connectivity index (χ4n) is 1.77. The van der Waals surface area contributed by atoms with E-state index in [1.165, 1.54) is 12.1 Å². The van der Waals surface area contributed by atoms with Crippen molar-refractivity contribution < 1.29 is 9.13 Å². The molecule has 1 aromatic carbocycles. The van der Waals surface area contributed by atoms with Gasteiger partial charge in [-0.3, -0.25) is 0 Å². The molecule has 2 nitrogen and oxygen atoms in total. The highest BCUT2D eigenvalue weighted by Crippen LogP contribution is 2.37. The van der Waals surface area contributed by atoms with E-state index in [-0.39, 0.29) is 17.8 Å². The maximum absolute atomic E-state index is 12.9. The third-order valence-corrected chi connectivity index (χ3v) is 2.50. The Morgan fingerprint density at radius 2 is 2.31 bits per heavy atom. The van der Waals surface area contributed by atoms with Crippen molar-refractivity contribution in [3.63, 3.8) is 0 Å². The van der Waals surface area contributed by atoms with E-state index in [0.29, 0.717) is 6.54 Å². The van der Waals surface area contributed by atoms with Crippen LogP contribution in [0.5, 0.6) is 5.75 Å². The first-order valence-electron chi connectivity index (χ1n) is 4.38. The molecule has 0 fully saturated rings. The van der Waals surface area contributed by atoms with Crippen LogP contribution in [-0.2, 0) is 0 Å². The Hall–Kier alpha value is -1.09. The Morgan fingerprint density at radius 3 is 3.00 bits per heavy atom. The van der Waals surface area contributed by atoms with Gasteiger partial charge in [0.1, 0.15) is 17.7 Å². The molecule has 13 heavy (non-hydrogen) atoms. The third kappa shape index (κ3) is 1.29. The lowest BCUT2D eigenvalue weighted by Gasteiger charge is -2.11. The molecule has 0 radical (unpaired) electrons. The molecule has 70 valence electrons. The Kier molecular flexibility index (Phi) is 1.96. The maximum Gasteiger partial charge on any atom is 0.123 e. The molecule has 0 aromatic heterocycles. The quantitative estimate of drug-likeness (QED) is 0.715. The smallest absolute Gasteiger partial charge is 0.123 e. The van der Waals surface area contributed by atoms with Gasteiger partial charge in [0.15, 0.2) is 0 Å². The number of rotatable bonds is 1. The van der Waals surface area contributed by atoms with Crippen molar-refractivity contribution in [2.75, 3.05) is 6.54 Å². The van der Waals surface area contributed by atoms with Gasteiger partial charge in [-0.05, 0) is 25.1 Å². The molecule has 0 aliphatic carbocycles. The van der Waals surface area contributed by atoms with Crippen LogP contribution < -0.4 is 10.5 Å². The Balaban J connectivity index is 2.44. The van der Waals surface area contributed by atoms with Gasteiger partial charge in [0, 0.05) is 18.0 Å². The molecule has 3 heteroatoms. The molecule has 2 atom stereocenters. The van der Waals surface area contributed by atoms with Crippen molar-refractivity contribution in [1.82, 2.24) is 0 Å². The highest BCUT2D eigenvalue weighted by atomic mass is 19.1. The number of benzene rings is 1. The summed E-state index contributed by atoms with van der Waals surface area (Å²) in [5.74, 6) is 0.671. The molecule has 2 unspecified atom stereocenters. The normalized spacial score (nSPS) is 25.5. The molecular formula is C10H12FNO. The zero-order valence-corrected chi connectivity index (χ0v) is 7.46. The van der Waals surface area contributed by atoms with Crippen molar-refractivity contribution in [3.8, 4) is 5.75 Å². The van der Waals surface area contributed by atoms with Crippen LogP contribution in [0.3, 0.4) is 0 Å². The summed E-state index contributed by atoms with van der Waals surface area (Å²) in [6.45, 7) is 2.45. The lowest BCUT2D eigenvalue weighted by molar-refractivity contribution is 0.228. The molecule has 1 aromatic rings. The van der Waals surface area contributed by atoms with E-state index < -0.39 is 0 Å². The van der Waals surface area contributed by atoms with E-state index in [1.54, 1.807) is 6.07 Å². The van der Waals surface area contributed by atoms with E-state index in [1.807, 2.05) is 6.92 Å². The molecule has 1 heterocycles. The van der Waals surface area contributed by atoms with Crippen molar-refractivity contribution >= 4 is 0 Å². The van der Waals surface area contributed by atoms with E-state index in [9.17, 15) is 4.39 Å². The van der Waals surface area contributed by atoms with Crippen LogP contribution in [-0.4, -0.2) is 12.6 Å². The van der Waals surface area contributed by atoms with Crippen molar-refractivity contribution in [1.29, 1.82) is 0 Å². The number of nitrogens with two attached hydrogens (primary N) is 1. The van der Waals surface area contributed by atoms with Gasteiger partial charge in [-0.15, -0.1) is 0 Å². The second-order valence-corrected chi connectivity index (χ2v) is 3.35. The lowest BCUT2D eigenvalue weighted by Crippen LogP contribution is -2.21. The van der Waals surface area contributed by atoms with Gasteiger partial charge < -0.3 is 10.5 Å². The number of hydrogen-bond acceptors (Lipinski definition) is 2. The largest absolute Gasteiger partial charge is 0.490 e. The van der Waals surface area contributed by atoms with Crippen molar-refractivity contribution in [2.24, 2.45) is 5.73 Å². The minimum Gasteiger partial charge on any atom is -0.490 e. The van der Waals surface area contributed by atoms with E-state index in [4.69, 9.17) is 10.5 Å². The van der Waals surface area contributed by atoms with E-state index in [0.717, 1.165) is 11.3 Å². The highest BCUT2D eigenvalue weighted by molar-refractivity contribution is 5.41. The molecule has 1 aliphatic heterocycles. The molecule has 0 bridgehead atoms. The summed E-state index contributed by atoms with van der Waals surface area (Å²) in [5, 5.41) is 0. The Bertz CT molecular complexity index is 327. The number of hydrogen-bond donors (Lipinski definition) is 1. The molecule has 0 saturated carbocycles. The summed E-state index contributed by atoms with van der Waals surface area (Å²) in [6, 6.07) is 4.58. The molecule has 2 rings (SSSR count). The molecule has 0 amide bonds. The van der Waals surface area contributed by atoms with E-state index in [2.05, 4.69) is 0 Å². The van der Waals surface area contributed by atoms with Crippen LogP contribution in [0.15, 0.2) is 18.2 Å². The summed E-state index contributed by atoms with van der Waals surface area (Å²) in [5.41, 5.74) is 6.48. The summed E-state index contributed by atoms with van der Waals surface area (Å²) in [4.78, 5) is 0. The van der Waals surface area contributed by atoms with Gasteiger partial charge in [-0.25, -0.2) is 4.39 Å². The van der Waals surface area contributed by atoms with Crippen LogP contribution in [0.1, 0.15) is 18.4 Å². The summed E-state index contributed by atoms with van der Waals surface area (Å²) < 4.78 is 18.4. The first-order valence-corrected chi connectivity index (χ1v) is 4.38. The number of halogens is 1. The van der Waals surface area contributed by atoms with Crippen LogP contribution in [0.2, 0.25) is 0 Å². The van der Waals surface area contributed by atoms with E-state index >= 15 is 0 Å². The van der Waals surface area contributed by atoms with Crippen LogP contribution in [0.4, 0.5) is 4.39 Å². The third-order valence-electron chi connectivity index (χ3n) is 2.50. The molecule has 0 saturated heterocycles. The SMILES string of the molecule is CC1Oc2ccc(F)cc2C1CN. The second-order valence-electron chi connectivity index (χ2n) is 3.35. The second kappa shape index (κ2) is 3.00. The van der Waals surface area contributed by atoms with Gasteiger partial charge >= 0.3 is 0 Å². The van der Waals surface area contributed by atoms with Gasteiger partial charge in [-0.1, -0.05) is 0 Å². The van der Waals surface area contributed by atoms with Crippen molar-refractivity contribution in [3.05, 3.63) is 29.6 Å².